The zero-order valence-corrected chi connectivity index (χ0v) is 15.2. The van der Waals surface area contributed by atoms with Gasteiger partial charge in [0.15, 0.2) is 0 Å². The van der Waals surface area contributed by atoms with Gasteiger partial charge in [-0.1, -0.05) is 39.0 Å². The molecule has 0 N–H and O–H groups in total. The summed E-state index contributed by atoms with van der Waals surface area (Å²) in [5.74, 6) is 0.924. The maximum atomic E-state index is 6.21. The molecule has 2 aromatic heterocycles. The molecule has 1 aromatic carbocycles. The van der Waals surface area contributed by atoms with E-state index < -0.39 is 0 Å². The molecular weight excluding hydrogens is 310 g/mol. The summed E-state index contributed by atoms with van der Waals surface area (Å²) < 4.78 is 11.9. The second-order valence-corrected chi connectivity index (χ2v) is 7.64. The van der Waals surface area contributed by atoms with Crippen LogP contribution in [0.5, 0.6) is 0 Å². The minimum absolute atomic E-state index is 0.0311. The van der Waals surface area contributed by atoms with Gasteiger partial charge in [-0.3, -0.25) is 4.98 Å². The predicted molar refractivity (Wildman–Crippen MR) is 101 cm³/mol. The van der Waals surface area contributed by atoms with E-state index in [9.17, 15) is 0 Å². The van der Waals surface area contributed by atoms with Crippen molar-refractivity contribution in [1.29, 1.82) is 0 Å². The van der Waals surface area contributed by atoms with Crippen molar-refractivity contribution in [2.24, 2.45) is 0 Å². The Morgan fingerprint density at radius 2 is 1.96 bits per heavy atom. The molecule has 0 amide bonds. The van der Waals surface area contributed by atoms with Gasteiger partial charge in [0.05, 0.1) is 11.8 Å². The quantitative estimate of drug-likeness (QED) is 0.652. The van der Waals surface area contributed by atoms with E-state index in [1.807, 2.05) is 18.3 Å². The lowest BCUT2D eigenvalue weighted by atomic mass is 9.85. The van der Waals surface area contributed by atoms with Gasteiger partial charge in [0.1, 0.15) is 11.3 Å². The molecule has 25 heavy (non-hydrogen) atoms. The second kappa shape index (κ2) is 5.85. The van der Waals surface area contributed by atoms with E-state index >= 15 is 0 Å². The van der Waals surface area contributed by atoms with Crippen molar-refractivity contribution in [3.63, 3.8) is 0 Å². The highest BCUT2D eigenvalue weighted by molar-refractivity contribution is 5.91. The van der Waals surface area contributed by atoms with Crippen LogP contribution in [0.15, 0.2) is 53.1 Å². The Labute approximate surface area is 148 Å². The monoisotopic (exact) mass is 333 g/mol. The van der Waals surface area contributed by atoms with Crippen LogP contribution in [-0.2, 0) is 16.6 Å². The van der Waals surface area contributed by atoms with Crippen LogP contribution in [-0.4, -0.2) is 18.2 Å². The second-order valence-electron chi connectivity index (χ2n) is 7.64. The number of methoxy groups -OCH3 is 1. The average molecular weight is 333 g/mol. The number of hydrogen-bond donors (Lipinski definition) is 0. The topological polar surface area (TPSA) is 35.3 Å². The number of rotatable bonds is 2. The van der Waals surface area contributed by atoms with Gasteiger partial charge in [0.25, 0.3) is 0 Å². The third-order valence-electron chi connectivity index (χ3n) is 4.91. The highest BCUT2D eigenvalue weighted by Gasteiger charge is 2.27. The number of para-hydroxylation sites is 1. The Kier molecular flexibility index (Phi) is 3.77. The summed E-state index contributed by atoms with van der Waals surface area (Å²) in [4.78, 5) is 4.63. The molecule has 0 saturated carbocycles. The van der Waals surface area contributed by atoms with Crippen molar-refractivity contribution >= 4 is 16.5 Å². The van der Waals surface area contributed by atoms with Crippen LogP contribution >= 0.6 is 0 Å². The van der Waals surface area contributed by atoms with Gasteiger partial charge in [-0.15, -0.1) is 0 Å². The van der Waals surface area contributed by atoms with Crippen LogP contribution in [0, 0.1) is 0 Å². The minimum atomic E-state index is 0.0311. The molecule has 0 spiro atoms. The first kappa shape index (κ1) is 16.1. The number of aromatic nitrogens is 1. The SMILES string of the molecule is COC1C=C(c2cc(C(C)(C)C)ccn2)c2oc3ccccc3c2C1. The maximum absolute atomic E-state index is 6.21. The summed E-state index contributed by atoms with van der Waals surface area (Å²) in [7, 11) is 1.76. The van der Waals surface area contributed by atoms with Crippen molar-refractivity contribution in [1.82, 2.24) is 4.98 Å². The summed E-state index contributed by atoms with van der Waals surface area (Å²) >= 11 is 0. The number of hydrogen-bond acceptors (Lipinski definition) is 3. The zero-order chi connectivity index (χ0) is 17.6. The third kappa shape index (κ3) is 2.79. The van der Waals surface area contributed by atoms with Crippen molar-refractivity contribution in [2.75, 3.05) is 7.11 Å². The van der Waals surface area contributed by atoms with Crippen LogP contribution in [0.25, 0.3) is 16.5 Å². The third-order valence-corrected chi connectivity index (χ3v) is 4.91. The molecule has 0 aliphatic heterocycles. The summed E-state index contributed by atoms with van der Waals surface area (Å²) in [6, 6.07) is 12.4. The van der Waals surface area contributed by atoms with Gasteiger partial charge >= 0.3 is 0 Å². The van der Waals surface area contributed by atoms with Crippen molar-refractivity contribution in [2.45, 2.75) is 38.7 Å². The minimum Gasteiger partial charge on any atom is -0.456 e. The first-order chi connectivity index (χ1) is 12.0. The largest absolute Gasteiger partial charge is 0.456 e. The number of benzene rings is 1. The summed E-state index contributed by atoms with van der Waals surface area (Å²) in [6.45, 7) is 6.64. The number of fused-ring (bicyclic) bond motifs is 3. The fourth-order valence-corrected chi connectivity index (χ4v) is 3.44. The predicted octanol–water partition coefficient (Wildman–Crippen LogP) is 5.13. The van der Waals surface area contributed by atoms with Gasteiger partial charge < -0.3 is 9.15 Å². The summed E-state index contributed by atoms with van der Waals surface area (Å²) in [5.41, 5.74) is 5.43. The average Bonchev–Trinajstić information content (AvgIpc) is 2.99. The van der Waals surface area contributed by atoms with Crippen LogP contribution in [0.2, 0.25) is 0 Å². The van der Waals surface area contributed by atoms with Gasteiger partial charge in [0.2, 0.25) is 0 Å². The van der Waals surface area contributed by atoms with E-state index in [1.165, 1.54) is 11.1 Å². The fraction of sp³-hybridized carbons (Fsp3) is 0.318. The number of furan rings is 1. The Bertz CT molecular complexity index is 960. The summed E-state index contributed by atoms with van der Waals surface area (Å²) in [6.07, 6.45) is 4.88. The van der Waals surface area contributed by atoms with Crippen LogP contribution < -0.4 is 0 Å². The van der Waals surface area contributed by atoms with E-state index in [2.05, 4.69) is 56.1 Å². The highest BCUT2D eigenvalue weighted by atomic mass is 16.5. The number of pyridine rings is 1. The Morgan fingerprint density at radius 3 is 2.72 bits per heavy atom. The first-order valence-electron chi connectivity index (χ1n) is 8.69. The highest BCUT2D eigenvalue weighted by Crippen LogP contribution is 2.39. The molecule has 1 aliphatic rings. The fourth-order valence-electron chi connectivity index (χ4n) is 3.44. The molecule has 128 valence electrons. The van der Waals surface area contributed by atoms with Gasteiger partial charge in [-0.25, -0.2) is 0 Å². The smallest absolute Gasteiger partial charge is 0.140 e. The molecule has 1 atom stereocenters. The Morgan fingerprint density at radius 1 is 1.16 bits per heavy atom. The van der Waals surface area contributed by atoms with E-state index in [0.29, 0.717) is 0 Å². The van der Waals surface area contributed by atoms with E-state index in [4.69, 9.17) is 9.15 Å². The van der Waals surface area contributed by atoms with Gasteiger partial charge in [-0.05, 0) is 35.3 Å². The molecule has 3 nitrogen and oxygen atoms in total. The van der Waals surface area contributed by atoms with Gasteiger partial charge in [-0.2, -0.15) is 0 Å². The standard InChI is InChI=1S/C22H23NO2/c1-22(2,3)14-9-10-23-19(11-14)18-13-15(24-4)12-17-16-7-5-6-8-20(16)25-21(17)18/h5-11,13,15H,12H2,1-4H3. The lowest BCUT2D eigenvalue weighted by Crippen LogP contribution is -2.17. The van der Waals surface area contributed by atoms with Crippen LogP contribution in [0.1, 0.15) is 43.4 Å². The molecule has 0 saturated heterocycles. The molecular formula is C22H23NO2. The van der Waals surface area contributed by atoms with E-state index in [0.717, 1.165) is 34.4 Å². The molecule has 0 bridgehead atoms. The summed E-state index contributed by atoms with van der Waals surface area (Å²) in [5, 5.41) is 1.16. The number of nitrogens with zero attached hydrogens (tertiary/aromatic N) is 1. The maximum Gasteiger partial charge on any atom is 0.140 e. The van der Waals surface area contributed by atoms with Crippen molar-refractivity contribution in [3.05, 3.63) is 71.3 Å². The Hall–Kier alpha value is -2.39. The van der Waals surface area contributed by atoms with Crippen LogP contribution in [0.4, 0.5) is 0 Å². The number of ether oxygens (including phenoxy) is 1. The lowest BCUT2D eigenvalue weighted by Gasteiger charge is -2.22. The van der Waals surface area contributed by atoms with Crippen molar-refractivity contribution < 1.29 is 9.15 Å². The molecule has 1 aliphatic carbocycles. The van der Waals surface area contributed by atoms with Crippen LogP contribution in [0.3, 0.4) is 0 Å². The molecule has 0 radical (unpaired) electrons. The van der Waals surface area contributed by atoms with Crippen molar-refractivity contribution in [3.8, 4) is 0 Å². The zero-order valence-electron chi connectivity index (χ0n) is 15.2. The lowest BCUT2D eigenvalue weighted by molar-refractivity contribution is 0.140. The van der Waals surface area contributed by atoms with E-state index in [-0.39, 0.29) is 11.5 Å². The molecule has 1 unspecified atom stereocenters. The molecule has 0 fully saturated rings. The molecule has 4 rings (SSSR count). The molecule has 3 heteroatoms. The first-order valence-corrected chi connectivity index (χ1v) is 8.69. The van der Waals surface area contributed by atoms with E-state index in [1.54, 1.807) is 7.11 Å². The molecule has 3 aromatic rings. The van der Waals surface area contributed by atoms with Gasteiger partial charge in [0, 0.05) is 36.3 Å². The molecule has 2 heterocycles. The Balaban J connectivity index is 1.91. The normalized spacial score (nSPS) is 17.4.